The molecule has 4 nitrogen and oxygen atoms in total. The Hall–Kier alpha value is -1.94. The van der Waals surface area contributed by atoms with Gasteiger partial charge in [-0.05, 0) is 57.4 Å². The molecule has 0 aliphatic carbocycles. The summed E-state index contributed by atoms with van der Waals surface area (Å²) in [7, 11) is 0. The summed E-state index contributed by atoms with van der Waals surface area (Å²) in [5.74, 6) is 0.672. The number of aryl methyl sites for hydroxylation is 1. The fourth-order valence-electron chi connectivity index (χ4n) is 3.51. The van der Waals surface area contributed by atoms with Gasteiger partial charge in [-0.2, -0.15) is 0 Å². The second-order valence-electron chi connectivity index (χ2n) is 6.86. The molecule has 1 aliphatic heterocycles. The lowest BCUT2D eigenvalue weighted by Crippen LogP contribution is -2.35. The molecule has 1 atom stereocenters. The lowest BCUT2D eigenvalue weighted by atomic mass is 9.99. The summed E-state index contributed by atoms with van der Waals surface area (Å²) in [5.41, 5.74) is 3.19. The van der Waals surface area contributed by atoms with Crippen molar-refractivity contribution in [2.75, 3.05) is 13.1 Å². The van der Waals surface area contributed by atoms with Gasteiger partial charge in [0.15, 0.2) is 11.2 Å². The first kappa shape index (κ1) is 15.9. The molecule has 3 rings (SSSR count). The van der Waals surface area contributed by atoms with Crippen LogP contribution in [0.1, 0.15) is 48.3 Å². The van der Waals surface area contributed by atoms with Crippen LogP contribution in [-0.4, -0.2) is 28.8 Å². The molecule has 1 fully saturated rings. The van der Waals surface area contributed by atoms with Crippen LogP contribution in [0.3, 0.4) is 0 Å². The number of hydrogen-bond donors (Lipinski definition) is 1. The first-order chi connectivity index (χ1) is 11.0. The molecule has 0 spiro atoms. The topological polar surface area (TPSA) is 53.2 Å². The van der Waals surface area contributed by atoms with Crippen LogP contribution in [0.15, 0.2) is 23.0 Å². The van der Waals surface area contributed by atoms with Crippen LogP contribution in [-0.2, 0) is 6.54 Å². The van der Waals surface area contributed by atoms with Gasteiger partial charge in [-0.15, -0.1) is 0 Å². The number of likely N-dealkylation sites (tertiary alicyclic amines) is 1. The average molecular weight is 312 g/mol. The molecule has 1 aromatic carbocycles. The number of aromatic nitrogens is 1. The van der Waals surface area contributed by atoms with Gasteiger partial charge in [0.25, 0.3) is 0 Å². The molecule has 0 bridgehead atoms. The Kier molecular flexibility index (Phi) is 4.35. The Morgan fingerprint density at radius 1 is 1.39 bits per heavy atom. The second kappa shape index (κ2) is 6.28. The van der Waals surface area contributed by atoms with Gasteiger partial charge in [-0.25, -0.2) is 0 Å². The molecular weight excluding hydrogens is 288 g/mol. The quantitative estimate of drug-likeness (QED) is 0.885. The molecule has 1 N–H and O–H groups in total. The van der Waals surface area contributed by atoms with Gasteiger partial charge in [0.2, 0.25) is 0 Å². The van der Waals surface area contributed by atoms with Crippen molar-refractivity contribution in [2.24, 2.45) is 5.92 Å². The van der Waals surface area contributed by atoms with E-state index in [1.54, 1.807) is 12.1 Å². The number of ketones is 1. The molecule has 0 radical (unpaired) electrons. The Bertz CT molecular complexity index is 807. The number of benzene rings is 1. The SMILES string of the molecule is CC(=O)c1ccc2[nH]c(C)c(CN3CCC[C@H](C)C3)c(=O)c2c1. The van der Waals surface area contributed by atoms with Crippen molar-refractivity contribution < 1.29 is 4.79 Å². The van der Waals surface area contributed by atoms with Gasteiger partial charge in [0, 0.05) is 40.8 Å². The summed E-state index contributed by atoms with van der Waals surface area (Å²) < 4.78 is 0. The van der Waals surface area contributed by atoms with E-state index in [1.807, 2.05) is 13.0 Å². The zero-order chi connectivity index (χ0) is 16.6. The maximum Gasteiger partial charge on any atom is 0.194 e. The van der Waals surface area contributed by atoms with Gasteiger partial charge in [0.05, 0.1) is 0 Å². The lowest BCUT2D eigenvalue weighted by molar-refractivity contribution is 0.101. The van der Waals surface area contributed by atoms with Crippen LogP contribution in [0.2, 0.25) is 0 Å². The Balaban J connectivity index is 2.02. The summed E-state index contributed by atoms with van der Waals surface area (Å²) in [6, 6.07) is 5.32. The van der Waals surface area contributed by atoms with Gasteiger partial charge in [-0.1, -0.05) is 6.92 Å². The maximum absolute atomic E-state index is 12.9. The highest BCUT2D eigenvalue weighted by molar-refractivity contribution is 5.97. The number of pyridine rings is 1. The lowest BCUT2D eigenvalue weighted by Gasteiger charge is -2.31. The molecular formula is C19H24N2O2. The van der Waals surface area contributed by atoms with Crippen molar-refractivity contribution in [1.29, 1.82) is 0 Å². The van der Waals surface area contributed by atoms with E-state index in [0.717, 1.165) is 29.9 Å². The normalized spacial score (nSPS) is 19.2. The number of nitrogens with one attached hydrogen (secondary N) is 1. The number of H-pyrrole nitrogens is 1. The van der Waals surface area contributed by atoms with E-state index in [9.17, 15) is 9.59 Å². The van der Waals surface area contributed by atoms with Gasteiger partial charge in [-0.3, -0.25) is 14.5 Å². The molecule has 4 heteroatoms. The Morgan fingerprint density at radius 2 is 2.17 bits per heavy atom. The largest absolute Gasteiger partial charge is 0.358 e. The minimum atomic E-state index is -0.0155. The summed E-state index contributed by atoms with van der Waals surface area (Å²) >= 11 is 0. The van der Waals surface area contributed by atoms with Crippen molar-refractivity contribution in [2.45, 2.75) is 40.2 Å². The predicted octanol–water partition coefficient (Wildman–Crippen LogP) is 3.27. The third kappa shape index (κ3) is 3.22. The maximum atomic E-state index is 12.9. The van der Waals surface area contributed by atoms with Gasteiger partial charge < -0.3 is 4.98 Å². The van der Waals surface area contributed by atoms with Crippen LogP contribution in [0, 0.1) is 12.8 Å². The minimum Gasteiger partial charge on any atom is -0.358 e. The fraction of sp³-hybridized carbons (Fsp3) is 0.474. The molecule has 0 unspecified atom stereocenters. The highest BCUT2D eigenvalue weighted by atomic mass is 16.1. The van der Waals surface area contributed by atoms with Crippen molar-refractivity contribution in [3.8, 4) is 0 Å². The number of carbonyl (C=O) groups is 1. The van der Waals surface area contributed by atoms with Crippen molar-refractivity contribution in [3.05, 3.63) is 45.2 Å². The van der Waals surface area contributed by atoms with Crippen LogP contribution in [0.25, 0.3) is 10.9 Å². The van der Waals surface area contributed by atoms with Crippen LogP contribution in [0.4, 0.5) is 0 Å². The van der Waals surface area contributed by atoms with Crippen molar-refractivity contribution in [3.63, 3.8) is 0 Å². The zero-order valence-electron chi connectivity index (χ0n) is 14.1. The minimum absolute atomic E-state index is 0.0155. The van der Waals surface area contributed by atoms with E-state index in [2.05, 4.69) is 16.8 Å². The summed E-state index contributed by atoms with van der Waals surface area (Å²) in [6.07, 6.45) is 2.46. The van der Waals surface area contributed by atoms with E-state index >= 15 is 0 Å². The summed E-state index contributed by atoms with van der Waals surface area (Å²) in [6.45, 7) is 8.54. The molecule has 122 valence electrons. The first-order valence-corrected chi connectivity index (χ1v) is 8.34. The van der Waals surface area contributed by atoms with E-state index < -0.39 is 0 Å². The molecule has 2 heterocycles. The monoisotopic (exact) mass is 312 g/mol. The van der Waals surface area contributed by atoms with E-state index in [1.165, 1.54) is 19.8 Å². The highest BCUT2D eigenvalue weighted by Crippen LogP contribution is 2.19. The summed E-state index contributed by atoms with van der Waals surface area (Å²) in [4.78, 5) is 30.2. The van der Waals surface area contributed by atoms with Crippen molar-refractivity contribution in [1.82, 2.24) is 9.88 Å². The van der Waals surface area contributed by atoms with E-state index in [4.69, 9.17) is 0 Å². The van der Waals surface area contributed by atoms with Crippen molar-refractivity contribution >= 4 is 16.7 Å². The highest BCUT2D eigenvalue weighted by Gasteiger charge is 2.19. The molecule has 1 aliphatic rings. The number of hydrogen-bond acceptors (Lipinski definition) is 3. The first-order valence-electron chi connectivity index (χ1n) is 8.34. The van der Waals surface area contributed by atoms with Crippen LogP contribution >= 0.6 is 0 Å². The second-order valence-corrected chi connectivity index (χ2v) is 6.86. The van der Waals surface area contributed by atoms with Gasteiger partial charge >= 0.3 is 0 Å². The standard InChI is InChI=1S/C19H24N2O2/c1-12-5-4-8-21(10-12)11-17-13(2)20-18-7-6-15(14(3)22)9-16(18)19(17)23/h6-7,9,12H,4-5,8,10-11H2,1-3H3,(H,20,23)/t12-/m0/s1. The zero-order valence-corrected chi connectivity index (χ0v) is 14.1. The molecule has 0 amide bonds. The van der Waals surface area contributed by atoms with E-state index in [0.29, 0.717) is 23.4 Å². The van der Waals surface area contributed by atoms with Crippen LogP contribution in [0.5, 0.6) is 0 Å². The molecule has 1 aromatic heterocycles. The summed E-state index contributed by atoms with van der Waals surface area (Å²) in [5, 5.41) is 0.614. The number of Topliss-reactive ketones (excluding diaryl/α,β-unsaturated/α-hetero) is 1. The molecule has 2 aromatic rings. The fourth-order valence-corrected chi connectivity index (χ4v) is 3.51. The number of nitrogens with zero attached hydrogens (tertiary/aromatic N) is 1. The Labute approximate surface area is 136 Å². The average Bonchev–Trinajstić information content (AvgIpc) is 2.51. The molecule has 1 saturated heterocycles. The number of rotatable bonds is 3. The molecule has 0 saturated carbocycles. The number of piperidine rings is 1. The third-order valence-electron chi connectivity index (χ3n) is 4.84. The number of carbonyl (C=O) groups excluding carboxylic acids is 1. The van der Waals surface area contributed by atoms with E-state index in [-0.39, 0.29) is 11.2 Å². The predicted molar refractivity (Wildman–Crippen MR) is 93.0 cm³/mol. The third-order valence-corrected chi connectivity index (χ3v) is 4.84. The smallest absolute Gasteiger partial charge is 0.194 e. The number of aromatic amines is 1. The number of fused-ring (bicyclic) bond motifs is 1. The molecule has 23 heavy (non-hydrogen) atoms. The van der Waals surface area contributed by atoms with Gasteiger partial charge in [0.1, 0.15) is 0 Å². The van der Waals surface area contributed by atoms with Crippen LogP contribution < -0.4 is 5.43 Å². The Morgan fingerprint density at radius 3 is 2.87 bits per heavy atom.